The summed E-state index contributed by atoms with van der Waals surface area (Å²) in [6.45, 7) is 9.48. The first-order valence-corrected chi connectivity index (χ1v) is 11.9. The standard InChI is InChI=1S/C22H36N4OS/c1-4-23-22(25-19-9-10-20(15-19)28-3)24-16-21(26-11-13-27-14-12-26)18-7-5-17(2)6-8-18/h5-8,19-21H,4,9-16H2,1-3H3,(H2,23,24,25). The Bertz CT molecular complexity index is 615. The van der Waals surface area contributed by atoms with E-state index in [0.29, 0.717) is 12.1 Å². The highest BCUT2D eigenvalue weighted by Crippen LogP contribution is 2.28. The molecule has 1 heterocycles. The van der Waals surface area contributed by atoms with E-state index in [1.54, 1.807) is 0 Å². The maximum atomic E-state index is 5.57. The van der Waals surface area contributed by atoms with Crippen LogP contribution in [0.1, 0.15) is 43.4 Å². The van der Waals surface area contributed by atoms with E-state index in [9.17, 15) is 0 Å². The average molecular weight is 405 g/mol. The second-order valence-corrected chi connectivity index (χ2v) is 8.94. The van der Waals surface area contributed by atoms with Crippen LogP contribution in [0, 0.1) is 6.92 Å². The molecule has 0 radical (unpaired) electrons. The number of morpholine rings is 1. The number of rotatable bonds is 7. The summed E-state index contributed by atoms with van der Waals surface area (Å²) in [5.74, 6) is 0.958. The van der Waals surface area contributed by atoms with Gasteiger partial charge in [-0.1, -0.05) is 29.8 Å². The van der Waals surface area contributed by atoms with Gasteiger partial charge in [0.1, 0.15) is 0 Å². The van der Waals surface area contributed by atoms with Crippen LogP contribution in [0.3, 0.4) is 0 Å². The molecule has 5 nitrogen and oxygen atoms in total. The van der Waals surface area contributed by atoms with Crippen molar-refractivity contribution in [1.29, 1.82) is 0 Å². The Kier molecular flexibility index (Phi) is 8.49. The van der Waals surface area contributed by atoms with Crippen LogP contribution in [0.25, 0.3) is 0 Å². The molecule has 3 unspecified atom stereocenters. The van der Waals surface area contributed by atoms with Crippen molar-refractivity contribution in [3.05, 3.63) is 35.4 Å². The maximum Gasteiger partial charge on any atom is 0.191 e. The second-order valence-electron chi connectivity index (χ2n) is 7.81. The van der Waals surface area contributed by atoms with E-state index >= 15 is 0 Å². The first-order chi connectivity index (χ1) is 13.7. The van der Waals surface area contributed by atoms with Gasteiger partial charge in [-0.3, -0.25) is 9.89 Å². The fourth-order valence-corrected chi connectivity index (χ4v) is 4.88. The first kappa shape index (κ1) is 21.5. The molecule has 1 aliphatic heterocycles. The molecule has 0 bridgehead atoms. The molecule has 0 spiro atoms. The summed E-state index contributed by atoms with van der Waals surface area (Å²) in [5, 5.41) is 7.92. The van der Waals surface area contributed by atoms with E-state index in [1.807, 2.05) is 11.8 Å². The highest BCUT2D eigenvalue weighted by Gasteiger charge is 2.25. The van der Waals surface area contributed by atoms with E-state index in [0.717, 1.165) is 50.6 Å². The average Bonchev–Trinajstić information content (AvgIpc) is 3.18. The topological polar surface area (TPSA) is 48.9 Å². The zero-order valence-electron chi connectivity index (χ0n) is 17.6. The number of aliphatic imine (C=N–C) groups is 1. The zero-order chi connectivity index (χ0) is 19.8. The summed E-state index contributed by atoms with van der Waals surface area (Å²) in [5.41, 5.74) is 2.64. The van der Waals surface area contributed by atoms with Crippen molar-refractivity contribution >= 4 is 17.7 Å². The quantitative estimate of drug-likeness (QED) is 0.540. The normalized spacial score (nSPS) is 24.9. The molecule has 6 heteroatoms. The molecule has 1 aromatic rings. The number of ether oxygens (including phenoxy) is 1. The lowest BCUT2D eigenvalue weighted by atomic mass is 10.0. The Morgan fingerprint density at radius 2 is 2.00 bits per heavy atom. The third kappa shape index (κ3) is 6.13. The third-order valence-electron chi connectivity index (χ3n) is 5.77. The summed E-state index contributed by atoms with van der Waals surface area (Å²) in [6.07, 6.45) is 6.00. The van der Waals surface area contributed by atoms with Crippen molar-refractivity contribution in [2.45, 2.75) is 50.4 Å². The van der Waals surface area contributed by atoms with E-state index in [-0.39, 0.29) is 0 Å². The van der Waals surface area contributed by atoms with Crippen LogP contribution in [0.5, 0.6) is 0 Å². The number of thioether (sulfide) groups is 1. The molecular weight excluding hydrogens is 368 g/mol. The minimum Gasteiger partial charge on any atom is -0.379 e. The van der Waals surface area contributed by atoms with Gasteiger partial charge in [-0.05, 0) is 44.9 Å². The Balaban J connectivity index is 1.70. The summed E-state index contributed by atoms with van der Waals surface area (Å²) in [6, 6.07) is 9.75. The van der Waals surface area contributed by atoms with Crippen LogP contribution in [-0.2, 0) is 4.74 Å². The lowest BCUT2D eigenvalue weighted by Crippen LogP contribution is -2.44. The van der Waals surface area contributed by atoms with Crippen molar-refractivity contribution in [3.63, 3.8) is 0 Å². The summed E-state index contributed by atoms with van der Waals surface area (Å²) >= 11 is 1.99. The third-order valence-corrected chi connectivity index (χ3v) is 6.87. The van der Waals surface area contributed by atoms with Gasteiger partial charge in [-0.15, -0.1) is 0 Å². The molecule has 3 rings (SSSR count). The number of nitrogens with zero attached hydrogens (tertiary/aromatic N) is 2. The molecule has 2 aliphatic rings. The van der Waals surface area contributed by atoms with Gasteiger partial charge in [0.05, 0.1) is 25.8 Å². The highest BCUT2D eigenvalue weighted by atomic mass is 32.2. The van der Waals surface area contributed by atoms with Gasteiger partial charge >= 0.3 is 0 Å². The molecule has 2 N–H and O–H groups in total. The van der Waals surface area contributed by atoms with Gasteiger partial charge in [0.15, 0.2) is 5.96 Å². The fourth-order valence-electron chi connectivity index (χ4n) is 4.09. The van der Waals surface area contributed by atoms with Crippen molar-refractivity contribution in [3.8, 4) is 0 Å². The van der Waals surface area contributed by atoms with Gasteiger partial charge in [0.2, 0.25) is 0 Å². The molecule has 3 atom stereocenters. The van der Waals surface area contributed by atoms with Crippen molar-refractivity contribution in [2.75, 3.05) is 45.6 Å². The minimum atomic E-state index is 0.294. The van der Waals surface area contributed by atoms with Crippen molar-refractivity contribution < 1.29 is 4.74 Å². The van der Waals surface area contributed by atoms with E-state index in [2.05, 4.69) is 59.9 Å². The number of nitrogens with one attached hydrogen (secondary N) is 2. The fraction of sp³-hybridized carbons (Fsp3) is 0.682. The van der Waals surface area contributed by atoms with Gasteiger partial charge in [0.25, 0.3) is 0 Å². The number of guanidine groups is 1. The van der Waals surface area contributed by atoms with Gasteiger partial charge in [-0.2, -0.15) is 11.8 Å². The van der Waals surface area contributed by atoms with Crippen molar-refractivity contribution in [1.82, 2.24) is 15.5 Å². The summed E-state index contributed by atoms with van der Waals surface area (Å²) in [7, 11) is 0. The second kappa shape index (κ2) is 11.1. The zero-order valence-corrected chi connectivity index (χ0v) is 18.4. The molecule has 1 saturated carbocycles. The SMILES string of the molecule is CCNC(=NCC(c1ccc(C)cc1)N1CCOCC1)NC1CCC(SC)C1. The molecule has 28 heavy (non-hydrogen) atoms. The molecule has 1 saturated heterocycles. The number of aryl methyl sites for hydroxylation is 1. The van der Waals surface area contributed by atoms with Gasteiger partial charge in [-0.25, -0.2) is 0 Å². The molecule has 1 aromatic carbocycles. The van der Waals surface area contributed by atoms with Gasteiger partial charge in [0, 0.05) is 30.9 Å². The predicted molar refractivity (Wildman–Crippen MR) is 120 cm³/mol. The molecule has 2 fully saturated rings. The maximum absolute atomic E-state index is 5.57. The smallest absolute Gasteiger partial charge is 0.191 e. The summed E-state index contributed by atoms with van der Waals surface area (Å²) < 4.78 is 5.57. The van der Waals surface area contributed by atoms with Crippen LogP contribution in [0.2, 0.25) is 0 Å². The predicted octanol–water partition coefficient (Wildman–Crippen LogP) is 3.21. The molecule has 156 valence electrons. The van der Waals surface area contributed by atoms with Crippen LogP contribution >= 0.6 is 11.8 Å². The van der Waals surface area contributed by atoms with Crippen LogP contribution in [0.4, 0.5) is 0 Å². The Labute approximate surface area is 174 Å². The molecule has 0 aromatic heterocycles. The lowest BCUT2D eigenvalue weighted by molar-refractivity contribution is 0.0179. The number of hydrogen-bond donors (Lipinski definition) is 2. The van der Waals surface area contributed by atoms with Crippen molar-refractivity contribution in [2.24, 2.45) is 4.99 Å². The van der Waals surface area contributed by atoms with Crippen LogP contribution < -0.4 is 10.6 Å². The number of hydrogen-bond acceptors (Lipinski definition) is 4. The minimum absolute atomic E-state index is 0.294. The van der Waals surface area contributed by atoms with Gasteiger partial charge < -0.3 is 15.4 Å². The van der Waals surface area contributed by atoms with E-state index in [4.69, 9.17) is 9.73 Å². The van der Waals surface area contributed by atoms with E-state index in [1.165, 1.54) is 30.4 Å². The lowest BCUT2D eigenvalue weighted by Gasteiger charge is -2.34. The Hall–Kier alpha value is -1.24. The van der Waals surface area contributed by atoms with Crippen LogP contribution in [0.15, 0.2) is 29.3 Å². The molecular formula is C22H36N4OS. The van der Waals surface area contributed by atoms with Crippen LogP contribution in [-0.4, -0.2) is 67.8 Å². The first-order valence-electron chi connectivity index (χ1n) is 10.7. The monoisotopic (exact) mass is 404 g/mol. The Morgan fingerprint density at radius 1 is 1.25 bits per heavy atom. The van der Waals surface area contributed by atoms with E-state index < -0.39 is 0 Å². The summed E-state index contributed by atoms with van der Waals surface area (Å²) in [4.78, 5) is 7.52. The largest absolute Gasteiger partial charge is 0.379 e. The highest BCUT2D eigenvalue weighted by molar-refractivity contribution is 7.99. The number of benzene rings is 1. The Morgan fingerprint density at radius 3 is 2.64 bits per heavy atom. The molecule has 0 amide bonds. The molecule has 1 aliphatic carbocycles.